The number of aliphatic hydroxyl groups excluding tert-OH is 1. The molecule has 0 aliphatic carbocycles. The van der Waals surface area contributed by atoms with Gasteiger partial charge in [0.05, 0.1) is 24.6 Å². The topological polar surface area (TPSA) is 96.8 Å². The number of ether oxygens (including phenoxy) is 1. The predicted molar refractivity (Wildman–Crippen MR) is 140 cm³/mol. The van der Waals surface area contributed by atoms with E-state index in [2.05, 4.69) is 4.98 Å². The standard InChI is InChI=1S/C30H24N2O5/c1-2-37-25(33)17-19-7-11-24(12-8-19)32-27(21-13-15-31-16-14-21)26(29(35)30(32)36)28(34)23-10-9-20-5-3-4-6-22(20)18-23/h3-16,18,27,34H,2,17H2,1H3/b28-26-. The lowest BCUT2D eigenvalue weighted by Gasteiger charge is -2.25. The first-order valence-electron chi connectivity index (χ1n) is 11.9. The van der Waals surface area contributed by atoms with Crippen LogP contribution in [0.5, 0.6) is 0 Å². The monoisotopic (exact) mass is 492 g/mol. The van der Waals surface area contributed by atoms with Gasteiger partial charge in [0.2, 0.25) is 0 Å². The lowest BCUT2D eigenvalue weighted by molar-refractivity contribution is -0.142. The number of fused-ring (bicyclic) bond motifs is 1. The van der Waals surface area contributed by atoms with Gasteiger partial charge in [-0.2, -0.15) is 0 Å². The maximum atomic E-state index is 13.3. The van der Waals surface area contributed by atoms with Crippen molar-refractivity contribution in [2.45, 2.75) is 19.4 Å². The number of carbonyl (C=O) groups excluding carboxylic acids is 3. The van der Waals surface area contributed by atoms with Crippen molar-refractivity contribution in [2.75, 3.05) is 11.5 Å². The molecule has 0 spiro atoms. The molecule has 2 heterocycles. The Kier molecular flexibility index (Phi) is 6.51. The summed E-state index contributed by atoms with van der Waals surface area (Å²) in [4.78, 5) is 44.0. The number of carbonyl (C=O) groups is 3. The van der Waals surface area contributed by atoms with Crippen LogP contribution in [-0.2, 0) is 25.5 Å². The third-order valence-corrected chi connectivity index (χ3v) is 6.36. The van der Waals surface area contributed by atoms with Crippen molar-refractivity contribution < 1.29 is 24.2 Å². The van der Waals surface area contributed by atoms with Crippen LogP contribution in [0.15, 0.2) is 96.8 Å². The van der Waals surface area contributed by atoms with Gasteiger partial charge in [-0.05, 0) is 59.2 Å². The summed E-state index contributed by atoms with van der Waals surface area (Å²) in [6.45, 7) is 2.04. The van der Waals surface area contributed by atoms with E-state index in [1.54, 1.807) is 67.8 Å². The number of Topliss-reactive ketones (excluding diaryl/α,β-unsaturated/α-hetero) is 1. The molecule has 4 aromatic rings. The Bertz CT molecular complexity index is 1530. The molecule has 1 atom stereocenters. The maximum absolute atomic E-state index is 13.3. The highest BCUT2D eigenvalue weighted by Gasteiger charge is 2.47. The molecule has 1 aliphatic rings. The molecule has 1 unspecified atom stereocenters. The van der Waals surface area contributed by atoms with Gasteiger partial charge in [0, 0.05) is 23.6 Å². The fraction of sp³-hybridized carbons (Fsp3) is 0.133. The van der Waals surface area contributed by atoms with Gasteiger partial charge in [-0.25, -0.2) is 0 Å². The minimum atomic E-state index is -0.856. The van der Waals surface area contributed by atoms with E-state index in [1.165, 1.54) is 4.90 Å². The third kappa shape index (κ3) is 4.59. The van der Waals surface area contributed by atoms with Crippen LogP contribution >= 0.6 is 0 Å². The van der Waals surface area contributed by atoms with Crippen LogP contribution in [0, 0.1) is 0 Å². The van der Waals surface area contributed by atoms with Gasteiger partial charge in [-0.15, -0.1) is 0 Å². The lowest BCUT2D eigenvalue weighted by Crippen LogP contribution is -2.29. The van der Waals surface area contributed by atoms with E-state index in [0.29, 0.717) is 23.4 Å². The zero-order chi connectivity index (χ0) is 25.9. The summed E-state index contributed by atoms with van der Waals surface area (Å²) in [6, 6.07) is 22.5. The second-order valence-electron chi connectivity index (χ2n) is 8.66. The molecule has 1 aliphatic heterocycles. The highest BCUT2D eigenvalue weighted by molar-refractivity contribution is 6.51. The third-order valence-electron chi connectivity index (χ3n) is 6.36. The number of benzene rings is 3. The van der Waals surface area contributed by atoms with E-state index in [0.717, 1.165) is 16.3 Å². The van der Waals surface area contributed by atoms with Crippen LogP contribution in [0.1, 0.15) is 29.7 Å². The van der Waals surface area contributed by atoms with E-state index < -0.39 is 17.7 Å². The SMILES string of the molecule is CCOC(=O)Cc1ccc(N2C(=O)C(=O)/C(=C(\O)c3ccc4ccccc4c3)C2c2ccncc2)cc1. The molecule has 7 heteroatoms. The molecule has 184 valence electrons. The molecule has 0 bridgehead atoms. The van der Waals surface area contributed by atoms with Gasteiger partial charge in [-0.1, -0.05) is 48.5 Å². The van der Waals surface area contributed by atoms with Gasteiger partial charge < -0.3 is 9.84 Å². The summed E-state index contributed by atoms with van der Waals surface area (Å²) in [7, 11) is 0. The van der Waals surface area contributed by atoms with Crippen LogP contribution < -0.4 is 4.90 Å². The van der Waals surface area contributed by atoms with Crippen molar-refractivity contribution in [2.24, 2.45) is 0 Å². The van der Waals surface area contributed by atoms with Gasteiger partial charge in [0.1, 0.15) is 5.76 Å². The number of pyridine rings is 1. The van der Waals surface area contributed by atoms with E-state index >= 15 is 0 Å². The number of hydrogen-bond donors (Lipinski definition) is 1. The summed E-state index contributed by atoms with van der Waals surface area (Å²) in [5.41, 5.74) is 2.26. The number of esters is 1. The number of anilines is 1. The van der Waals surface area contributed by atoms with Crippen LogP contribution in [-0.4, -0.2) is 34.4 Å². The molecule has 1 fully saturated rings. The average Bonchev–Trinajstić information content (AvgIpc) is 3.19. The van der Waals surface area contributed by atoms with Crippen LogP contribution in [0.3, 0.4) is 0 Å². The summed E-state index contributed by atoms with van der Waals surface area (Å²) < 4.78 is 5.00. The van der Waals surface area contributed by atoms with Crippen LogP contribution in [0.4, 0.5) is 5.69 Å². The van der Waals surface area contributed by atoms with E-state index in [4.69, 9.17) is 4.74 Å². The Balaban J connectivity index is 1.60. The first-order chi connectivity index (χ1) is 18.0. The molecular formula is C30H24N2O5. The normalized spacial score (nSPS) is 16.8. The molecule has 0 radical (unpaired) electrons. The molecule has 37 heavy (non-hydrogen) atoms. The number of amides is 1. The summed E-state index contributed by atoms with van der Waals surface area (Å²) in [6.07, 6.45) is 3.25. The molecule has 1 N–H and O–H groups in total. The van der Waals surface area contributed by atoms with Gasteiger partial charge in [0.25, 0.3) is 11.7 Å². The zero-order valence-electron chi connectivity index (χ0n) is 20.1. The van der Waals surface area contributed by atoms with Gasteiger partial charge >= 0.3 is 5.97 Å². The predicted octanol–water partition coefficient (Wildman–Crippen LogP) is 4.97. The second-order valence-corrected chi connectivity index (χ2v) is 8.66. The maximum Gasteiger partial charge on any atom is 0.310 e. The zero-order valence-corrected chi connectivity index (χ0v) is 20.1. The highest BCUT2D eigenvalue weighted by atomic mass is 16.5. The Morgan fingerprint density at radius 2 is 1.65 bits per heavy atom. The molecule has 3 aromatic carbocycles. The molecule has 5 rings (SSSR count). The van der Waals surface area contributed by atoms with Gasteiger partial charge in [0.15, 0.2) is 0 Å². The highest BCUT2D eigenvalue weighted by Crippen LogP contribution is 2.42. The quantitative estimate of drug-likeness (QED) is 0.177. The van der Waals surface area contributed by atoms with Crippen molar-refractivity contribution in [3.05, 3.63) is 114 Å². The Labute approximate surface area is 213 Å². The summed E-state index contributed by atoms with van der Waals surface area (Å²) in [5, 5.41) is 13.3. The van der Waals surface area contributed by atoms with E-state index in [-0.39, 0.29) is 23.7 Å². The van der Waals surface area contributed by atoms with Gasteiger partial charge in [-0.3, -0.25) is 24.3 Å². The number of hydrogen-bond acceptors (Lipinski definition) is 6. The van der Waals surface area contributed by atoms with Crippen molar-refractivity contribution >= 4 is 39.9 Å². The smallest absolute Gasteiger partial charge is 0.310 e. The largest absolute Gasteiger partial charge is 0.507 e. The summed E-state index contributed by atoms with van der Waals surface area (Å²) in [5.74, 6) is -2.11. The fourth-order valence-corrected chi connectivity index (χ4v) is 4.61. The number of aliphatic hydroxyl groups is 1. The molecule has 1 amide bonds. The molecule has 1 aromatic heterocycles. The lowest BCUT2D eigenvalue weighted by atomic mass is 9.95. The first-order valence-corrected chi connectivity index (χ1v) is 11.9. The van der Waals surface area contributed by atoms with Crippen molar-refractivity contribution in [1.82, 2.24) is 4.98 Å². The Morgan fingerprint density at radius 1 is 0.946 bits per heavy atom. The number of aromatic nitrogens is 1. The van der Waals surface area contributed by atoms with Crippen molar-refractivity contribution in [1.29, 1.82) is 0 Å². The minimum Gasteiger partial charge on any atom is -0.507 e. The van der Waals surface area contributed by atoms with Crippen molar-refractivity contribution in [3.63, 3.8) is 0 Å². The summed E-state index contributed by atoms with van der Waals surface area (Å²) >= 11 is 0. The molecular weight excluding hydrogens is 468 g/mol. The number of nitrogens with zero attached hydrogens (tertiary/aromatic N) is 2. The second kappa shape index (κ2) is 10.1. The Morgan fingerprint density at radius 3 is 2.35 bits per heavy atom. The van der Waals surface area contributed by atoms with Crippen LogP contribution in [0.2, 0.25) is 0 Å². The van der Waals surface area contributed by atoms with E-state index in [1.807, 2.05) is 30.3 Å². The van der Waals surface area contributed by atoms with E-state index in [9.17, 15) is 19.5 Å². The van der Waals surface area contributed by atoms with Crippen molar-refractivity contribution in [3.8, 4) is 0 Å². The number of rotatable bonds is 6. The first kappa shape index (κ1) is 23.9. The average molecular weight is 493 g/mol. The molecule has 1 saturated heterocycles. The number of ketones is 1. The molecule has 0 saturated carbocycles. The minimum absolute atomic E-state index is 0.00193. The molecule has 7 nitrogen and oxygen atoms in total. The Hall–Kier alpha value is -4.78. The fourth-order valence-electron chi connectivity index (χ4n) is 4.61. The van der Waals surface area contributed by atoms with Crippen LogP contribution in [0.25, 0.3) is 16.5 Å².